The van der Waals surface area contributed by atoms with Gasteiger partial charge in [-0.3, -0.25) is 4.90 Å². The van der Waals surface area contributed by atoms with Crippen molar-refractivity contribution in [3.63, 3.8) is 0 Å². The molecule has 0 aliphatic carbocycles. The average molecular weight is 373 g/mol. The van der Waals surface area contributed by atoms with Gasteiger partial charge in [-0.15, -0.1) is 0 Å². The quantitative estimate of drug-likeness (QED) is 0.708. The van der Waals surface area contributed by atoms with Gasteiger partial charge in [0.25, 0.3) is 0 Å². The molecule has 1 heterocycles. The maximum atomic E-state index is 13.9. The SMILES string of the molecule is CCC(C)(Pc1ccc(F)cc1CN1CCCCC1)c1ccccc1O. The second-order valence-corrected chi connectivity index (χ2v) is 9.36. The molecule has 2 aromatic carbocycles. The molecule has 0 radical (unpaired) electrons. The van der Waals surface area contributed by atoms with Gasteiger partial charge in [0.2, 0.25) is 0 Å². The van der Waals surface area contributed by atoms with Crippen LogP contribution in [-0.2, 0) is 11.7 Å². The van der Waals surface area contributed by atoms with Gasteiger partial charge in [0.05, 0.1) is 0 Å². The van der Waals surface area contributed by atoms with Crippen molar-refractivity contribution in [1.29, 1.82) is 0 Å². The number of nitrogens with zero attached hydrogens (tertiary/aromatic N) is 1. The van der Waals surface area contributed by atoms with E-state index in [0.717, 1.165) is 37.2 Å². The van der Waals surface area contributed by atoms with Crippen LogP contribution in [0.1, 0.15) is 50.7 Å². The Balaban J connectivity index is 1.89. The van der Waals surface area contributed by atoms with E-state index in [1.807, 2.05) is 24.3 Å². The van der Waals surface area contributed by atoms with Crippen molar-refractivity contribution in [1.82, 2.24) is 4.90 Å². The summed E-state index contributed by atoms with van der Waals surface area (Å²) in [6.07, 6.45) is 4.69. The molecule has 140 valence electrons. The predicted octanol–water partition coefficient (Wildman–Crippen LogP) is 5.15. The van der Waals surface area contributed by atoms with E-state index >= 15 is 0 Å². The highest BCUT2D eigenvalue weighted by Gasteiger charge is 2.29. The van der Waals surface area contributed by atoms with Gasteiger partial charge < -0.3 is 5.11 Å². The normalized spacial score (nSPS) is 18.3. The summed E-state index contributed by atoms with van der Waals surface area (Å²) in [5.74, 6) is 0.190. The van der Waals surface area contributed by atoms with Crippen molar-refractivity contribution in [2.75, 3.05) is 13.1 Å². The summed E-state index contributed by atoms with van der Waals surface area (Å²) in [6, 6.07) is 12.8. The van der Waals surface area contributed by atoms with E-state index in [1.54, 1.807) is 18.2 Å². The summed E-state index contributed by atoms with van der Waals surface area (Å²) < 4.78 is 13.9. The van der Waals surface area contributed by atoms with Crippen molar-refractivity contribution < 1.29 is 9.50 Å². The van der Waals surface area contributed by atoms with E-state index in [-0.39, 0.29) is 11.0 Å². The lowest BCUT2D eigenvalue weighted by Crippen LogP contribution is -2.31. The molecule has 0 spiro atoms. The fourth-order valence-corrected chi connectivity index (χ4v) is 5.35. The third kappa shape index (κ3) is 4.45. The number of rotatable bonds is 6. The van der Waals surface area contributed by atoms with Gasteiger partial charge in [-0.1, -0.05) is 53.1 Å². The van der Waals surface area contributed by atoms with Crippen molar-refractivity contribution in [2.45, 2.75) is 51.2 Å². The number of phenols is 1. The van der Waals surface area contributed by atoms with Crippen LogP contribution in [0.15, 0.2) is 42.5 Å². The van der Waals surface area contributed by atoms with Crippen molar-refractivity contribution in [2.24, 2.45) is 0 Å². The fourth-order valence-electron chi connectivity index (χ4n) is 3.76. The molecule has 0 bridgehead atoms. The van der Waals surface area contributed by atoms with E-state index in [1.165, 1.54) is 24.6 Å². The number of hydrogen-bond donors (Lipinski definition) is 1. The van der Waals surface area contributed by atoms with Crippen LogP contribution in [0.3, 0.4) is 0 Å². The highest BCUT2D eigenvalue weighted by molar-refractivity contribution is 7.48. The molecule has 2 aromatic rings. The number of piperidine rings is 1. The summed E-state index contributed by atoms with van der Waals surface area (Å²) in [5.41, 5.74) is 2.08. The van der Waals surface area contributed by atoms with Crippen LogP contribution in [-0.4, -0.2) is 23.1 Å². The van der Waals surface area contributed by atoms with Crippen LogP contribution in [0.25, 0.3) is 0 Å². The van der Waals surface area contributed by atoms with Crippen LogP contribution in [0.5, 0.6) is 5.75 Å². The minimum Gasteiger partial charge on any atom is -0.508 e. The molecule has 0 aromatic heterocycles. The first-order chi connectivity index (χ1) is 12.5. The predicted molar refractivity (Wildman–Crippen MR) is 109 cm³/mol. The second kappa shape index (κ2) is 8.50. The average Bonchev–Trinajstić information content (AvgIpc) is 2.65. The highest BCUT2D eigenvalue weighted by Crippen LogP contribution is 2.47. The standard InChI is InChI=1S/C22H29FNOP/c1-3-22(2,19-9-5-6-10-20(19)25)26-21-12-11-18(23)15-17(21)16-24-13-7-4-8-14-24/h5-6,9-12,15,25-26H,3-4,7-8,13-14,16H2,1-2H3. The van der Waals surface area contributed by atoms with E-state index in [4.69, 9.17) is 0 Å². The van der Waals surface area contributed by atoms with Gasteiger partial charge in [-0.05, 0) is 61.4 Å². The van der Waals surface area contributed by atoms with Crippen molar-refractivity contribution >= 4 is 13.9 Å². The molecule has 1 aliphatic heterocycles. The Hall–Kier alpha value is -1.44. The van der Waals surface area contributed by atoms with E-state index in [9.17, 15) is 9.50 Å². The number of para-hydroxylation sites is 1. The molecule has 0 saturated carbocycles. The van der Waals surface area contributed by atoms with Gasteiger partial charge in [0.1, 0.15) is 11.6 Å². The first-order valence-electron chi connectivity index (χ1n) is 9.59. The number of phenolic OH excluding ortho intramolecular Hbond substituents is 1. The zero-order valence-corrected chi connectivity index (χ0v) is 16.8. The van der Waals surface area contributed by atoms with E-state index in [2.05, 4.69) is 18.7 Å². The largest absolute Gasteiger partial charge is 0.508 e. The topological polar surface area (TPSA) is 23.5 Å². The Morgan fingerprint density at radius 3 is 2.54 bits per heavy atom. The molecule has 1 fully saturated rings. The van der Waals surface area contributed by atoms with E-state index < -0.39 is 0 Å². The Kier molecular flexibility index (Phi) is 6.32. The first-order valence-corrected chi connectivity index (χ1v) is 10.6. The summed E-state index contributed by atoms with van der Waals surface area (Å²) in [4.78, 5) is 2.44. The van der Waals surface area contributed by atoms with Crippen molar-refractivity contribution in [3.05, 3.63) is 59.4 Å². The highest BCUT2D eigenvalue weighted by atomic mass is 31.1. The number of halogens is 1. The number of likely N-dealkylation sites (tertiary alicyclic amines) is 1. The first kappa shape index (κ1) is 19.3. The molecule has 2 nitrogen and oxygen atoms in total. The molecule has 2 atom stereocenters. The lowest BCUT2D eigenvalue weighted by Gasteiger charge is -2.32. The van der Waals surface area contributed by atoms with Gasteiger partial charge >= 0.3 is 0 Å². The maximum absolute atomic E-state index is 13.9. The number of aromatic hydroxyl groups is 1. The van der Waals surface area contributed by atoms with Gasteiger partial charge in [-0.2, -0.15) is 0 Å². The zero-order valence-electron chi connectivity index (χ0n) is 15.8. The third-order valence-electron chi connectivity index (χ3n) is 5.53. The molecule has 3 rings (SSSR count). The van der Waals surface area contributed by atoms with Gasteiger partial charge in [-0.25, -0.2) is 4.39 Å². The fraction of sp³-hybridized carbons (Fsp3) is 0.455. The minimum absolute atomic E-state index is 0.153. The van der Waals surface area contributed by atoms with Crippen LogP contribution in [0.4, 0.5) is 4.39 Å². The summed E-state index contributed by atoms with van der Waals surface area (Å²) >= 11 is 0. The van der Waals surface area contributed by atoms with Gasteiger partial charge in [0, 0.05) is 17.3 Å². The molecule has 1 saturated heterocycles. The van der Waals surface area contributed by atoms with Crippen LogP contribution >= 0.6 is 8.58 Å². The van der Waals surface area contributed by atoms with Crippen LogP contribution < -0.4 is 5.30 Å². The Morgan fingerprint density at radius 2 is 1.85 bits per heavy atom. The third-order valence-corrected chi connectivity index (χ3v) is 7.46. The Morgan fingerprint density at radius 1 is 1.12 bits per heavy atom. The summed E-state index contributed by atoms with van der Waals surface area (Å²) in [7, 11) is 0.485. The monoisotopic (exact) mass is 373 g/mol. The molecule has 26 heavy (non-hydrogen) atoms. The Labute approximate surface area is 158 Å². The molecule has 1 N–H and O–H groups in total. The lowest BCUT2D eigenvalue weighted by atomic mass is 9.96. The molecule has 1 aliphatic rings. The second-order valence-electron chi connectivity index (χ2n) is 7.47. The number of hydrogen-bond acceptors (Lipinski definition) is 2. The van der Waals surface area contributed by atoms with Gasteiger partial charge in [0.15, 0.2) is 0 Å². The molecule has 2 unspecified atom stereocenters. The van der Waals surface area contributed by atoms with Crippen molar-refractivity contribution in [3.8, 4) is 5.75 Å². The minimum atomic E-state index is -0.161. The Bertz CT molecular complexity index is 745. The van der Waals surface area contributed by atoms with Crippen LogP contribution in [0.2, 0.25) is 0 Å². The zero-order chi connectivity index (χ0) is 18.6. The van der Waals surface area contributed by atoms with E-state index in [0.29, 0.717) is 14.3 Å². The lowest BCUT2D eigenvalue weighted by molar-refractivity contribution is 0.221. The molecular weight excluding hydrogens is 344 g/mol. The number of benzene rings is 2. The molecular formula is C22H29FNOP. The summed E-state index contributed by atoms with van der Waals surface area (Å²) in [5, 5.41) is 11.4. The molecule has 4 heteroatoms. The smallest absolute Gasteiger partial charge is 0.123 e. The summed E-state index contributed by atoms with van der Waals surface area (Å²) in [6.45, 7) is 7.38. The van der Waals surface area contributed by atoms with Crippen LogP contribution in [0, 0.1) is 5.82 Å². The molecule has 0 amide bonds. The maximum Gasteiger partial charge on any atom is 0.123 e.